The second-order valence-corrected chi connectivity index (χ2v) is 5.46. The molecule has 0 radical (unpaired) electrons. The van der Waals surface area contributed by atoms with Gasteiger partial charge < -0.3 is 20.4 Å². The maximum atomic E-state index is 12.1. The zero-order valence-corrected chi connectivity index (χ0v) is 11.2. The van der Waals surface area contributed by atoms with Crippen LogP contribution in [-0.2, 0) is 4.79 Å². The first-order chi connectivity index (χ1) is 8.61. The van der Waals surface area contributed by atoms with Crippen molar-refractivity contribution in [2.45, 2.75) is 32.4 Å². The highest BCUT2D eigenvalue weighted by Gasteiger charge is 2.37. The van der Waals surface area contributed by atoms with Gasteiger partial charge in [-0.3, -0.25) is 9.69 Å². The Morgan fingerprint density at radius 1 is 1.11 bits per heavy atom. The number of carbonyl (C=O) groups excluding carboxylic acids is 1. The van der Waals surface area contributed by atoms with Crippen molar-refractivity contribution in [1.29, 1.82) is 0 Å². The summed E-state index contributed by atoms with van der Waals surface area (Å²) in [5.41, 5.74) is -0.507. The summed E-state index contributed by atoms with van der Waals surface area (Å²) < 4.78 is 0. The highest BCUT2D eigenvalue weighted by Crippen LogP contribution is 2.12. The van der Waals surface area contributed by atoms with Gasteiger partial charge >= 0.3 is 12.2 Å². The van der Waals surface area contributed by atoms with Crippen molar-refractivity contribution in [3.63, 3.8) is 0 Å². The molecule has 108 valence electrons. The molecule has 0 spiro atoms. The van der Waals surface area contributed by atoms with Crippen molar-refractivity contribution in [2.75, 3.05) is 19.6 Å². The molecule has 1 rings (SSSR count). The van der Waals surface area contributed by atoms with Crippen molar-refractivity contribution >= 4 is 18.1 Å². The van der Waals surface area contributed by atoms with Crippen LogP contribution in [0.15, 0.2) is 0 Å². The van der Waals surface area contributed by atoms with Gasteiger partial charge in [0, 0.05) is 18.6 Å². The Balaban J connectivity index is 2.85. The molecule has 0 bridgehead atoms. The number of hydrogen-bond acceptors (Lipinski definition) is 3. The lowest BCUT2D eigenvalue weighted by Gasteiger charge is -2.38. The molecule has 1 saturated heterocycles. The monoisotopic (exact) mass is 273 g/mol. The molecule has 1 aliphatic rings. The van der Waals surface area contributed by atoms with Gasteiger partial charge in [0.05, 0.1) is 6.54 Å². The number of piperazine rings is 1. The molecule has 8 nitrogen and oxygen atoms in total. The van der Waals surface area contributed by atoms with Crippen molar-refractivity contribution < 1.29 is 24.6 Å². The molecule has 3 N–H and O–H groups in total. The molecule has 0 aromatic carbocycles. The van der Waals surface area contributed by atoms with Crippen LogP contribution >= 0.6 is 0 Å². The molecular formula is C11H19N3O5. The lowest BCUT2D eigenvalue weighted by molar-refractivity contribution is -0.129. The van der Waals surface area contributed by atoms with E-state index in [1.807, 2.05) is 0 Å². The van der Waals surface area contributed by atoms with Crippen LogP contribution in [0.4, 0.5) is 9.59 Å². The van der Waals surface area contributed by atoms with Crippen molar-refractivity contribution in [3.8, 4) is 0 Å². The average molecular weight is 273 g/mol. The van der Waals surface area contributed by atoms with Crippen LogP contribution in [0.3, 0.4) is 0 Å². The Kier molecular flexibility index (Phi) is 4.23. The van der Waals surface area contributed by atoms with E-state index < -0.39 is 29.7 Å². The molecule has 0 aliphatic carbocycles. The normalized spacial score (nSPS) is 20.1. The molecule has 0 saturated carbocycles. The van der Waals surface area contributed by atoms with Gasteiger partial charge in [0.25, 0.3) is 0 Å². The Bertz CT molecular complexity index is 390. The van der Waals surface area contributed by atoms with Crippen LogP contribution in [0.5, 0.6) is 0 Å². The van der Waals surface area contributed by atoms with E-state index in [2.05, 4.69) is 5.32 Å². The van der Waals surface area contributed by atoms with Gasteiger partial charge in [-0.1, -0.05) is 0 Å². The maximum Gasteiger partial charge on any atom is 0.408 e. The molecule has 1 heterocycles. The number of nitrogens with zero attached hydrogens (tertiary/aromatic N) is 2. The fourth-order valence-electron chi connectivity index (χ4n) is 1.86. The van der Waals surface area contributed by atoms with Crippen LogP contribution in [0, 0.1) is 0 Å². The number of carbonyl (C=O) groups is 3. The molecule has 19 heavy (non-hydrogen) atoms. The maximum absolute atomic E-state index is 12.1. The summed E-state index contributed by atoms with van der Waals surface area (Å²) in [6, 6.07) is -1.01. The zero-order valence-electron chi connectivity index (χ0n) is 11.2. The van der Waals surface area contributed by atoms with Gasteiger partial charge in [-0.05, 0) is 20.8 Å². The second-order valence-electron chi connectivity index (χ2n) is 5.46. The topological polar surface area (TPSA) is 110 Å². The van der Waals surface area contributed by atoms with Crippen LogP contribution in [-0.4, -0.2) is 69.3 Å². The van der Waals surface area contributed by atoms with Crippen molar-refractivity contribution in [1.82, 2.24) is 15.1 Å². The van der Waals surface area contributed by atoms with E-state index in [4.69, 9.17) is 10.2 Å². The predicted molar refractivity (Wildman–Crippen MR) is 66.0 cm³/mol. The van der Waals surface area contributed by atoms with Crippen molar-refractivity contribution in [3.05, 3.63) is 0 Å². The van der Waals surface area contributed by atoms with E-state index in [0.29, 0.717) is 0 Å². The molecule has 1 unspecified atom stereocenters. The minimum absolute atomic E-state index is 0.0101. The zero-order chi connectivity index (χ0) is 14.8. The fraction of sp³-hybridized carbons (Fsp3) is 0.727. The highest BCUT2D eigenvalue weighted by molar-refractivity contribution is 5.87. The summed E-state index contributed by atoms with van der Waals surface area (Å²) >= 11 is 0. The van der Waals surface area contributed by atoms with Crippen LogP contribution < -0.4 is 5.32 Å². The predicted octanol–water partition coefficient (Wildman–Crippen LogP) is 0.243. The van der Waals surface area contributed by atoms with Crippen LogP contribution in [0.1, 0.15) is 20.8 Å². The largest absolute Gasteiger partial charge is 0.465 e. The highest BCUT2D eigenvalue weighted by atomic mass is 16.4. The van der Waals surface area contributed by atoms with E-state index in [0.717, 1.165) is 9.80 Å². The van der Waals surface area contributed by atoms with Gasteiger partial charge in [-0.2, -0.15) is 0 Å². The Morgan fingerprint density at radius 3 is 2.11 bits per heavy atom. The minimum atomic E-state index is -1.22. The molecule has 0 aromatic heterocycles. The Labute approximate surface area is 111 Å². The van der Waals surface area contributed by atoms with E-state index in [-0.39, 0.29) is 19.6 Å². The van der Waals surface area contributed by atoms with Gasteiger partial charge in [0.15, 0.2) is 0 Å². The lowest BCUT2D eigenvalue weighted by Crippen LogP contribution is -2.62. The van der Waals surface area contributed by atoms with E-state index in [1.54, 1.807) is 20.8 Å². The minimum Gasteiger partial charge on any atom is -0.465 e. The second kappa shape index (κ2) is 5.33. The third-order valence-electron chi connectivity index (χ3n) is 2.70. The number of rotatable bonds is 1. The van der Waals surface area contributed by atoms with Crippen LogP contribution in [0.2, 0.25) is 0 Å². The number of hydrogen-bond donors (Lipinski definition) is 3. The summed E-state index contributed by atoms with van der Waals surface area (Å²) in [6.07, 6.45) is -2.38. The third-order valence-corrected chi connectivity index (χ3v) is 2.70. The quantitative estimate of drug-likeness (QED) is 0.634. The molecule has 1 aliphatic heterocycles. The van der Waals surface area contributed by atoms with Gasteiger partial charge in [-0.15, -0.1) is 0 Å². The van der Waals surface area contributed by atoms with E-state index in [1.165, 1.54) is 0 Å². The molecule has 8 heteroatoms. The average Bonchev–Trinajstić information content (AvgIpc) is 2.25. The standard InChI is InChI=1S/C11H19N3O5/c1-11(2,3)12-8(15)7-6-13(9(16)17)4-5-14(7)10(18)19/h7H,4-6H2,1-3H3,(H,12,15)(H,16,17)(H,18,19). The molecule has 1 atom stereocenters. The fourth-order valence-corrected chi connectivity index (χ4v) is 1.86. The smallest absolute Gasteiger partial charge is 0.408 e. The number of amides is 3. The molecule has 0 aromatic rings. The SMILES string of the molecule is CC(C)(C)NC(=O)C1CN(C(=O)O)CCN1C(=O)O. The first-order valence-corrected chi connectivity index (χ1v) is 5.91. The van der Waals surface area contributed by atoms with E-state index >= 15 is 0 Å². The Hall–Kier alpha value is -1.99. The van der Waals surface area contributed by atoms with Gasteiger partial charge in [0.1, 0.15) is 6.04 Å². The first-order valence-electron chi connectivity index (χ1n) is 5.91. The summed E-state index contributed by atoms with van der Waals surface area (Å²) in [5.74, 6) is -0.485. The summed E-state index contributed by atoms with van der Waals surface area (Å²) in [6.45, 7) is 5.23. The first kappa shape index (κ1) is 15.1. The van der Waals surface area contributed by atoms with Crippen molar-refractivity contribution in [2.24, 2.45) is 0 Å². The molecular weight excluding hydrogens is 254 g/mol. The number of carboxylic acid groups (broad SMARTS) is 2. The van der Waals surface area contributed by atoms with E-state index in [9.17, 15) is 14.4 Å². The van der Waals surface area contributed by atoms with Gasteiger partial charge in [0.2, 0.25) is 5.91 Å². The summed E-state index contributed by atoms with van der Waals surface area (Å²) in [7, 11) is 0. The Morgan fingerprint density at radius 2 is 1.68 bits per heavy atom. The van der Waals surface area contributed by atoms with Gasteiger partial charge in [-0.25, -0.2) is 9.59 Å². The number of nitrogens with one attached hydrogen (secondary N) is 1. The lowest BCUT2D eigenvalue weighted by atomic mass is 10.1. The summed E-state index contributed by atoms with van der Waals surface area (Å²) in [4.78, 5) is 36.1. The molecule has 1 fully saturated rings. The van der Waals surface area contributed by atoms with Crippen LogP contribution in [0.25, 0.3) is 0 Å². The molecule has 3 amide bonds. The third kappa shape index (κ3) is 4.01. The summed E-state index contributed by atoms with van der Waals surface area (Å²) in [5, 5.41) is 20.7.